The smallest absolute Gasteiger partial charge is 0.243 e. The van der Waals surface area contributed by atoms with Crippen molar-refractivity contribution < 1.29 is 18.0 Å². The van der Waals surface area contributed by atoms with Gasteiger partial charge in [0.2, 0.25) is 21.8 Å². The van der Waals surface area contributed by atoms with Crippen LogP contribution in [0.1, 0.15) is 43.4 Å². The molecular formula is C26H35N3O4S. The van der Waals surface area contributed by atoms with Crippen molar-refractivity contribution in [2.24, 2.45) is 11.8 Å². The Morgan fingerprint density at radius 1 is 0.941 bits per heavy atom. The highest BCUT2D eigenvalue weighted by Gasteiger charge is 2.34. The van der Waals surface area contributed by atoms with Crippen molar-refractivity contribution in [3.63, 3.8) is 0 Å². The van der Waals surface area contributed by atoms with Crippen molar-refractivity contribution in [1.29, 1.82) is 0 Å². The van der Waals surface area contributed by atoms with Gasteiger partial charge in [-0.2, -0.15) is 4.31 Å². The maximum Gasteiger partial charge on any atom is 0.243 e. The number of carbonyl (C=O) groups excluding carboxylic acids is 2. The largest absolute Gasteiger partial charge is 0.350 e. The molecule has 0 spiro atoms. The van der Waals surface area contributed by atoms with Crippen LogP contribution in [0.25, 0.3) is 0 Å². The molecule has 2 amide bonds. The average molecular weight is 486 g/mol. The van der Waals surface area contributed by atoms with Gasteiger partial charge in [-0.3, -0.25) is 9.59 Å². The molecule has 184 valence electrons. The third kappa shape index (κ3) is 6.45. The molecule has 2 aromatic carbocycles. The average Bonchev–Trinajstić information content (AvgIpc) is 2.82. The molecule has 2 N–H and O–H groups in total. The lowest BCUT2D eigenvalue weighted by molar-refractivity contribution is -0.132. The predicted octanol–water partition coefficient (Wildman–Crippen LogP) is 3.16. The second-order valence-corrected chi connectivity index (χ2v) is 11.4. The van der Waals surface area contributed by atoms with E-state index >= 15 is 0 Å². The van der Waals surface area contributed by atoms with Crippen molar-refractivity contribution in [3.05, 3.63) is 65.2 Å². The Morgan fingerprint density at radius 2 is 1.47 bits per heavy atom. The second-order valence-electron chi connectivity index (χ2n) is 9.43. The van der Waals surface area contributed by atoms with Crippen molar-refractivity contribution in [3.8, 4) is 0 Å². The van der Waals surface area contributed by atoms with E-state index in [1.165, 1.54) is 4.31 Å². The Morgan fingerprint density at radius 3 is 2.00 bits per heavy atom. The summed E-state index contributed by atoms with van der Waals surface area (Å²) >= 11 is 0. The van der Waals surface area contributed by atoms with E-state index in [9.17, 15) is 18.0 Å². The van der Waals surface area contributed by atoms with Gasteiger partial charge in [0.1, 0.15) is 6.04 Å². The van der Waals surface area contributed by atoms with Crippen LogP contribution in [0, 0.1) is 25.7 Å². The lowest BCUT2D eigenvalue weighted by atomic mass is 9.95. The molecule has 1 aliphatic rings. The number of carbonyl (C=O) groups is 2. The molecule has 0 bridgehead atoms. The summed E-state index contributed by atoms with van der Waals surface area (Å²) in [6.45, 7) is 8.66. The lowest BCUT2D eigenvalue weighted by Gasteiger charge is -2.32. The van der Waals surface area contributed by atoms with Gasteiger partial charge < -0.3 is 10.6 Å². The van der Waals surface area contributed by atoms with Gasteiger partial charge in [0.15, 0.2) is 0 Å². The third-order valence-corrected chi connectivity index (χ3v) is 8.23. The minimum Gasteiger partial charge on any atom is -0.350 e. The highest BCUT2D eigenvalue weighted by Crippen LogP contribution is 2.24. The molecule has 34 heavy (non-hydrogen) atoms. The third-order valence-electron chi connectivity index (χ3n) is 6.32. The van der Waals surface area contributed by atoms with Crippen LogP contribution in [0.15, 0.2) is 53.4 Å². The number of aryl methyl sites for hydroxylation is 2. The van der Waals surface area contributed by atoms with E-state index in [1.54, 1.807) is 24.3 Å². The summed E-state index contributed by atoms with van der Waals surface area (Å²) in [5.74, 6) is -0.820. The summed E-state index contributed by atoms with van der Waals surface area (Å²) in [4.78, 5) is 26.0. The van der Waals surface area contributed by atoms with Crippen LogP contribution < -0.4 is 10.6 Å². The number of hydrogen-bond acceptors (Lipinski definition) is 4. The van der Waals surface area contributed by atoms with Crippen LogP contribution in [-0.4, -0.2) is 43.7 Å². The molecule has 8 heteroatoms. The van der Waals surface area contributed by atoms with Crippen molar-refractivity contribution >= 4 is 21.8 Å². The molecule has 1 aliphatic heterocycles. The number of hydrogen-bond donors (Lipinski definition) is 2. The zero-order valence-corrected chi connectivity index (χ0v) is 21.2. The topological polar surface area (TPSA) is 95.6 Å². The van der Waals surface area contributed by atoms with Crippen LogP contribution in [0.2, 0.25) is 0 Å². The van der Waals surface area contributed by atoms with E-state index in [4.69, 9.17) is 0 Å². The Labute approximate surface area is 203 Å². The standard InChI is InChI=1S/C26H35N3O4S/c1-18(2)24(26(31)27-17-21-9-5-19(3)6-10-21)28-25(30)22-13-15-29(16-14-22)34(32,33)23-11-7-20(4)8-12-23/h5-12,18,22,24H,13-17H2,1-4H3,(H,27,31)(H,28,30)/t24-/m0/s1. The number of sulfonamides is 1. The molecule has 0 aromatic heterocycles. The van der Waals surface area contributed by atoms with Gasteiger partial charge >= 0.3 is 0 Å². The first-order chi connectivity index (χ1) is 16.1. The van der Waals surface area contributed by atoms with Crippen molar-refractivity contribution in [1.82, 2.24) is 14.9 Å². The summed E-state index contributed by atoms with van der Waals surface area (Å²) in [5, 5.41) is 5.82. The molecule has 2 aromatic rings. The molecule has 0 radical (unpaired) electrons. The van der Waals surface area contributed by atoms with E-state index < -0.39 is 16.1 Å². The molecule has 1 fully saturated rings. The predicted molar refractivity (Wildman–Crippen MR) is 132 cm³/mol. The lowest BCUT2D eigenvalue weighted by Crippen LogP contribution is -2.52. The molecule has 1 heterocycles. The fourth-order valence-electron chi connectivity index (χ4n) is 4.03. The minimum absolute atomic E-state index is 0.0797. The highest BCUT2D eigenvalue weighted by atomic mass is 32.2. The van der Waals surface area contributed by atoms with Crippen LogP contribution >= 0.6 is 0 Å². The van der Waals surface area contributed by atoms with Gasteiger partial charge in [-0.05, 0) is 50.3 Å². The normalized spacial score (nSPS) is 16.3. The monoisotopic (exact) mass is 485 g/mol. The quantitative estimate of drug-likeness (QED) is 0.600. The Hall–Kier alpha value is -2.71. The molecular weight excluding hydrogens is 450 g/mol. The fraction of sp³-hybridized carbons (Fsp3) is 0.462. The van der Waals surface area contributed by atoms with E-state index in [1.807, 2.05) is 52.0 Å². The van der Waals surface area contributed by atoms with E-state index in [0.717, 1.165) is 16.7 Å². The van der Waals surface area contributed by atoms with Crippen LogP contribution in [-0.2, 0) is 26.2 Å². The zero-order valence-electron chi connectivity index (χ0n) is 20.4. The summed E-state index contributed by atoms with van der Waals surface area (Å²) in [7, 11) is -3.58. The summed E-state index contributed by atoms with van der Waals surface area (Å²) in [6, 6.07) is 14.1. The molecule has 1 atom stereocenters. The molecule has 1 saturated heterocycles. The highest BCUT2D eigenvalue weighted by molar-refractivity contribution is 7.89. The van der Waals surface area contributed by atoms with Gasteiger partial charge in [0.05, 0.1) is 4.90 Å². The van der Waals surface area contributed by atoms with Gasteiger partial charge in [0, 0.05) is 25.6 Å². The first kappa shape index (κ1) is 25.9. The fourth-order valence-corrected chi connectivity index (χ4v) is 5.50. The Bertz CT molecular complexity index is 1090. The second kappa shape index (κ2) is 11.1. The maximum absolute atomic E-state index is 12.9. The minimum atomic E-state index is -3.58. The molecule has 0 aliphatic carbocycles. The Balaban J connectivity index is 1.55. The number of piperidine rings is 1. The van der Waals surface area contributed by atoms with Crippen molar-refractivity contribution in [2.45, 2.75) is 58.0 Å². The van der Waals surface area contributed by atoms with Crippen molar-refractivity contribution in [2.75, 3.05) is 13.1 Å². The Kier molecular flexibility index (Phi) is 8.49. The molecule has 0 unspecified atom stereocenters. The number of amides is 2. The molecule has 3 rings (SSSR count). The van der Waals surface area contributed by atoms with E-state index in [-0.39, 0.29) is 41.6 Å². The molecule has 0 saturated carbocycles. The van der Waals surface area contributed by atoms with Crippen LogP contribution in [0.3, 0.4) is 0 Å². The first-order valence-electron chi connectivity index (χ1n) is 11.8. The number of nitrogens with one attached hydrogen (secondary N) is 2. The number of nitrogens with zero attached hydrogens (tertiary/aromatic N) is 1. The van der Waals surface area contributed by atoms with Crippen LogP contribution in [0.5, 0.6) is 0 Å². The SMILES string of the molecule is Cc1ccc(CNC(=O)[C@@H](NC(=O)C2CCN(S(=O)(=O)c3ccc(C)cc3)CC2)C(C)C)cc1. The van der Waals surface area contributed by atoms with Gasteiger partial charge in [-0.15, -0.1) is 0 Å². The first-order valence-corrected chi connectivity index (χ1v) is 13.2. The summed E-state index contributed by atoms with van der Waals surface area (Å²) in [6.07, 6.45) is 0.847. The summed E-state index contributed by atoms with van der Waals surface area (Å²) in [5.41, 5.74) is 3.15. The van der Waals surface area contributed by atoms with E-state index in [0.29, 0.717) is 19.4 Å². The molecule has 7 nitrogen and oxygen atoms in total. The summed E-state index contributed by atoms with van der Waals surface area (Å²) < 4.78 is 27.3. The van der Waals surface area contributed by atoms with Gasteiger partial charge in [-0.1, -0.05) is 61.4 Å². The zero-order chi connectivity index (χ0) is 24.9. The number of rotatable bonds is 8. The van der Waals surface area contributed by atoms with Crippen LogP contribution in [0.4, 0.5) is 0 Å². The maximum atomic E-state index is 12.9. The number of benzene rings is 2. The van der Waals surface area contributed by atoms with E-state index in [2.05, 4.69) is 10.6 Å². The van der Waals surface area contributed by atoms with Gasteiger partial charge in [0.25, 0.3) is 0 Å². The van der Waals surface area contributed by atoms with Gasteiger partial charge in [-0.25, -0.2) is 8.42 Å².